The lowest BCUT2D eigenvalue weighted by Crippen LogP contribution is -2.05. The van der Waals surface area contributed by atoms with Gasteiger partial charge in [0, 0.05) is 11.0 Å². The molecule has 0 radical (unpaired) electrons. The Kier molecular flexibility index (Phi) is 4.85. The van der Waals surface area contributed by atoms with Crippen molar-refractivity contribution in [1.29, 1.82) is 0 Å². The van der Waals surface area contributed by atoms with Crippen LogP contribution in [0.4, 0.5) is 4.39 Å². The second kappa shape index (κ2) is 6.41. The fraction of sp³-hybridized carbons (Fsp3) is 0.143. The Hall–Kier alpha value is -1.04. The monoisotopic (exact) mass is 341 g/mol. The molecule has 0 aliphatic rings. The second-order valence-corrected chi connectivity index (χ2v) is 6.31. The third-order valence-electron chi connectivity index (χ3n) is 2.76. The van der Waals surface area contributed by atoms with Crippen LogP contribution in [-0.2, 0) is 23.1 Å². The lowest BCUT2D eigenvalue weighted by Gasteiger charge is -2.09. The molecule has 2 nitrogen and oxygen atoms in total. The highest BCUT2D eigenvalue weighted by molar-refractivity contribution is 9.10. The molecule has 1 atom stereocenters. The molecule has 5 heteroatoms. The Morgan fingerprint density at radius 2 is 1.89 bits per heavy atom. The topological polar surface area (TPSA) is 43.1 Å². The van der Waals surface area contributed by atoms with E-state index in [1.807, 2.05) is 24.3 Å². The van der Waals surface area contributed by atoms with E-state index in [0.29, 0.717) is 11.3 Å². The van der Waals surface area contributed by atoms with E-state index < -0.39 is 10.8 Å². The van der Waals surface area contributed by atoms with Gasteiger partial charge in [-0.05, 0) is 51.3 Å². The molecule has 0 heterocycles. The van der Waals surface area contributed by atoms with Gasteiger partial charge >= 0.3 is 0 Å². The Bertz CT molecular complexity index is 618. The van der Waals surface area contributed by atoms with Crippen molar-refractivity contribution in [2.24, 2.45) is 5.73 Å². The van der Waals surface area contributed by atoms with E-state index in [1.54, 1.807) is 6.07 Å². The average Bonchev–Trinajstić information content (AvgIpc) is 2.41. The van der Waals surface area contributed by atoms with Gasteiger partial charge in [-0.25, -0.2) is 4.39 Å². The van der Waals surface area contributed by atoms with E-state index in [1.165, 1.54) is 12.1 Å². The van der Waals surface area contributed by atoms with Crippen LogP contribution in [0.15, 0.2) is 51.8 Å². The first-order valence-electron chi connectivity index (χ1n) is 5.72. The molecular formula is C14H13BrFNOS. The zero-order valence-electron chi connectivity index (χ0n) is 10.1. The van der Waals surface area contributed by atoms with E-state index in [9.17, 15) is 8.60 Å². The molecule has 0 aliphatic carbocycles. The van der Waals surface area contributed by atoms with Gasteiger partial charge in [0.1, 0.15) is 5.82 Å². The average molecular weight is 342 g/mol. The third kappa shape index (κ3) is 3.49. The summed E-state index contributed by atoms with van der Waals surface area (Å²) in [5, 5.41) is 0. The standard InChI is InChI=1S/C14H13BrFNOS/c15-13-3-1-2-4-14(13)19(18)9-10-5-6-12(16)7-11(10)8-17/h1-7H,8-9,17H2. The van der Waals surface area contributed by atoms with Crippen molar-refractivity contribution in [1.82, 2.24) is 0 Å². The first-order chi connectivity index (χ1) is 9.11. The first kappa shape index (κ1) is 14.4. The number of rotatable bonds is 4. The molecule has 0 amide bonds. The Morgan fingerprint density at radius 1 is 1.16 bits per heavy atom. The quantitative estimate of drug-likeness (QED) is 0.926. The van der Waals surface area contributed by atoms with Crippen LogP contribution in [0.1, 0.15) is 11.1 Å². The van der Waals surface area contributed by atoms with Crippen molar-refractivity contribution in [2.45, 2.75) is 17.2 Å². The van der Waals surface area contributed by atoms with Gasteiger partial charge in [-0.15, -0.1) is 0 Å². The highest BCUT2D eigenvalue weighted by Crippen LogP contribution is 2.23. The maximum Gasteiger partial charge on any atom is 0.123 e. The first-order valence-corrected chi connectivity index (χ1v) is 7.83. The highest BCUT2D eigenvalue weighted by Gasteiger charge is 2.11. The molecule has 2 aromatic carbocycles. The van der Waals surface area contributed by atoms with Gasteiger partial charge in [0.05, 0.1) is 21.4 Å². The zero-order valence-corrected chi connectivity index (χ0v) is 12.5. The van der Waals surface area contributed by atoms with Crippen LogP contribution >= 0.6 is 15.9 Å². The molecule has 2 aromatic rings. The number of nitrogens with two attached hydrogens (primary N) is 1. The minimum absolute atomic E-state index is 0.236. The number of benzene rings is 2. The van der Waals surface area contributed by atoms with Gasteiger partial charge in [0.25, 0.3) is 0 Å². The van der Waals surface area contributed by atoms with E-state index >= 15 is 0 Å². The minimum Gasteiger partial charge on any atom is -0.326 e. The fourth-order valence-corrected chi connectivity index (χ4v) is 3.84. The SMILES string of the molecule is NCc1cc(F)ccc1CS(=O)c1ccccc1Br. The molecule has 2 rings (SSSR count). The van der Waals surface area contributed by atoms with Gasteiger partial charge in [-0.1, -0.05) is 18.2 Å². The molecule has 0 saturated carbocycles. The number of halogens is 2. The van der Waals surface area contributed by atoms with E-state index in [-0.39, 0.29) is 12.4 Å². The molecule has 19 heavy (non-hydrogen) atoms. The lowest BCUT2D eigenvalue weighted by molar-refractivity contribution is 0.624. The van der Waals surface area contributed by atoms with Gasteiger partial charge in [-0.2, -0.15) is 0 Å². The van der Waals surface area contributed by atoms with Gasteiger partial charge in [-0.3, -0.25) is 4.21 Å². The molecule has 1 unspecified atom stereocenters. The van der Waals surface area contributed by atoms with E-state index in [0.717, 1.165) is 14.9 Å². The summed E-state index contributed by atoms with van der Waals surface area (Å²) in [5.41, 5.74) is 7.10. The minimum atomic E-state index is -1.19. The lowest BCUT2D eigenvalue weighted by atomic mass is 10.1. The Morgan fingerprint density at radius 3 is 2.58 bits per heavy atom. The largest absolute Gasteiger partial charge is 0.326 e. The predicted molar refractivity (Wildman–Crippen MR) is 78.5 cm³/mol. The molecule has 2 N–H and O–H groups in total. The van der Waals surface area contributed by atoms with Gasteiger partial charge < -0.3 is 5.73 Å². The highest BCUT2D eigenvalue weighted by atomic mass is 79.9. The summed E-state index contributed by atoms with van der Waals surface area (Å²) in [5.74, 6) is 0.00553. The van der Waals surface area contributed by atoms with Gasteiger partial charge in [0.15, 0.2) is 0 Å². The summed E-state index contributed by atoms with van der Waals surface area (Å²) in [6.45, 7) is 0.236. The predicted octanol–water partition coefficient (Wildman–Crippen LogP) is 3.35. The third-order valence-corrected chi connectivity index (χ3v) is 5.13. The van der Waals surface area contributed by atoms with Crippen LogP contribution in [-0.4, -0.2) is 4.21 Å². The number of hydrogen-bond acceptors (Lipinski definition) is 2. The van der Waals surface area contributed by atoms with Crippen molar-refractivity contribution >= 4 is 26.7 Å². The second-order valence-electron chi connectivity index (χ2n) is 4.04. The summed E-state index contributed by atoms with van der Waals surface area (Å²) >= 11 is 3.38. The zero-order chi connectivity index (χ0) is 13.8. The number of hydrogen-bond donors (Lipinski definition) is 1. The smallest absolute Gasteiger partial charge is 0.123 e. The molecule has 0 fully saturated rings. The summed E-state index contributed by atoms with van der Waals surface area (Å²) in [6, 6.07) is 11.8. The van der Waals surface area contributed by atoms with Crippen molar-refractivity contribution in [2.75, 3.05) is 0 Å². The summed E-state index contributed by atoms with van der Waals surface area (Å²) < 4.78 is 26.3. The normalized spacial score (nSPS) is 12.4. The van der Waals surface area contributed by atoms with Crippen LogP contribution in [0.3, 0.4) is 0 Å². The van der Waals surface area contributed by atoms with Crippen molar-refractivity contribution < 1.29 is 8.60 Å². The molecule has 0 aliphatic heterocycles. The molecule has 0 aromatic heterocycles. The molecule has 0 spiro atoms. The molecule has 100 valence electrons. The van der Waals surface area contributed by atoms with E-state index in [4.69, 9.17) is 5.73 Å². The summed E-state index contributed by atoms with van der Waals surface area (Å²) in [7, 11) is -1.19. The van der Waals surface area contributed by atoms with Crippen molar-refractivity contribution in [3.8, 4) is 0 Å². The fourth-order valence-electron chi connectivity index (χ4n) is 1.77. The van der Waals surface area contributed by atoms with E-state index in [2.05, 4.69) is 15.9 Å². The molecule has 0 saturated heterocycles. The maximum atomic E-state index is 13.1. The summed E-state index contributed by atoms with van der Waals surface area (Å²) in [6.07, 6.45) is 0. The Balaban J connectivity index is 2.27. The van der Waals surface area contributed by atoms with Crippen LogP contribution in [0.5, 0.6) is 0 Å². The molecule has 0 bridgehead atoms. The van der Waals surface area contributed by atoms with Crippen LogP contribution in [0.25, 0.3) is 0 Å². The Labute approximate surface area is 122 Å². The van der Waals surface area contributed by atoms with Gasteiger partial charge in [0.2, 0.25) is 0 Å². The van der Waals surface area contributed by atoms with Crippen LogP contribution in [0.2, 0.25) is 0 Å². The maximum absolute atomic E-state index is 13.1. The van der Waals surface area contributed by atoms with Crippen molar-refractivity contribution in [3.05, 3.63) is 63.9 Å². The summed E-state index contributed by atoms with van der Waals surface area (Å²) in [4.78, 5) is 0.731. The van der Waals surface area contributed by atoms with Crippen LogP contribution in [0, 0.1) is 5.82 Å². The molecular weight excluding hydrogens is 329 g/mol. The van der Waals surface area contributed by atoms with Crippen molar-refractivity contribution in [3.63, 3.8) is 0 Å². The van der Waals surface area contributed by atoms with Crippen LogP contribution < -0.4 is 5.73 Å².